The molecule has 3 aromatic rings. The van der Waals surface area contributed by atoms with E-state index in [4.69, 9.17) is 44.3 Å². The standard InChI is InChI=1S/C27H27Cl3N2O3/c1-34-22-5-2-4-19(16-22)18-35-25(20-8-10-21(28)11-9-20)17-31-12-14-32(15-13-31)27(33)26-23(29)6-3-7-24(26)30/h2-11,16,25H,12-15,17-18H2,1H3/t25-/m1/s1. The highest BCUT2D eigenvalue weighted by Gasteiger charge is 2.27. The van der Waals surface area contributed by atoms with Gasteiger partial charge in [0.2, 0.25) is 0 Å². The molecule has 0 saturated carbocycles. The number of amides is 1. The Morgan fingerprint density at radius 2 is 1.57 bits per heavy atom. The van der Waals surface area contributed by atoms with Gasteiger partial charge >= 0.3 is 0 Å². The third kappa shape index (κ3) is 6.69. The summed E-state index contributed by atoms with van der Waals surface area (Å²) < 4.78 is 11.7. The maximum Gasteiger partial charge on any atom is 0.256 e. The lowest BCUT2D eigenvalue weighted by atomic mass is 10.1. The molecule has 1 heterocycles. The van der Waals surface area contributed by atoms with Crippen molar-refractivity contribution in [1.82, 2.24) is 9.80 Å². The first-order valence-corrected chi connectivity index (χ1v) is 12.5. The second-order valence-corrected chi connectivity index (χ2v) is 9.64. The molecule has 0 N–H and O–H groups in total. The van der Waals surface area contributed by atoms with E-state index in [9.17, 15) is 4.79 Å². The number of carbonyl (C=O) groups excluding carboxylic acids is 1. The fourth-order valence-corrected chi connectivity index (χ4v) is 4.80. The Hall–Kier alpha value is -2.28. The van der Waals surface area contributed by atoms with Crippen LogP contribution in [0, 0.1) is 0 Å². The van der Waals surface area contributed by atoms with E-state index in [-0.39, 0.29) is 12.0 Å². The number of halogens is 3. The molecule has 0 spiro atoms. The number of hydrogen-bond donors (Lipinski definition) is 0. The zero-order chi connectivity index (χ0) is 24.8. The molecule has 4 rings (SSSR count). The molecule has 8 heteroatoms. The molecule has 5 nitrogen and oxygen atoms in total. The van der Waals surface area contributed by atoms with Crippen molar-refractivity contribution in [3.05, 3.63) is 98.5 Å². The SMILES string of the molecule is COc1cccc(CO[C@H](CN2CCN(C(=O)c3c(Cl)cccc3Cl)CC2)c2ccc(Cl)cc2)c1. The molecule has 35 heavy (non-hydrogen) atoms. The summed E-state index contributed by atoms with van der Waals surface area (Å²) in [6, 6.07) is 20.7. The lowest BCUT2D eigenvalue weighted by molar-refractivity contribution is 0.00338. The van der Waals surface area contributed by atoms with Gasteiger partial charge in [0.25, 0.3) is 5.91 Å². The highest BCUT2D eigenvalue weighted by atomic mass is 35.5. The van der Waals surface area contributed by atoms with Gasteiger partial charge in [0.05, 0.1) is 35.4 Å². The Balaban J connectivity index is 1.41. The van der Waals surface area contributed by atoms with Gasteiger partial charge < -0.3 is 14.4 Å². The predicted molar refractivity (Wildman–Crippen MR) is 141 cm³/mol. The molecular weight excluding hydrogens is 507 g/mol. The van der Waals surface area contributed by atoms with Crippen LogP contribution in [0.2, 0.25) is 15.1 Å². The largest absolute Gasteiger partial charge is 0.497 e. The number of piperazine rings is 1. The van der Waals surface area contributed by atoms with Gasteiger partial charge in [-0.05, 0) is 47.5 Å². The van der Waals surface area contributed by atoms with Crippen LogP contribution in [0.25, 0.3) is 0 Å². The monoisotopic (exact) mass is 532 g/mol. The highest BCUT2D eigenvalue weighted by molar-refractivity contribution is 6.39. The van der Waals surface area contributed by atoms with E-state index in [2.05, 4.69) is 4.90 Å². The molecule has 1 saturated heterocycles. The van der Waals surface area contributed by atoms with E-state index < -0.39 is 0 Å². The number of ether oxygens (including phenoxy) is 2. The number of methoxy groups -OCH3 is 1. The average molecular weight is 534 g/mol. The van der Waals surface area contributed by atoms with E-state index in [0.29, 0.717) is 46.9 Å². The Bertz CT molecular complexity index is 1130. The smallest absolute Gasteiger partial charge is 0.256 e. The number of carbonyl (C=O) groups is 1. The van der Waals surface area contributed by atoms with Crippen LogP contribution in [-0.4, -0.2) is 55.5 Å². The quantitative estimate of drug-likeness (QED) is 0.337. The maximum absolute atomic E-state index is 13.0. The number of nitrogens with zero attached hydrogens (tertiary/aromatic N) is 2. The van der Waals surface area contributed by atoms with Crippen molar-refractivity contribution in [2.75, 3.05) is 39.8 Å². The maximum atomic E-state index is 13.0. The average Bonchev–Trinajstić information content (AvgIpc) is 2.87. The second kappa shape index (κ2) is 12.1. The van der Waals surface area contributed by atoms with Gasteiger partial charge in [0.15, 0.2) is 0 Å². The Labute approximate surface area is 221 Å². The number of rotatable bonds is 8. The molecule has 1 atom stereocenters. The summed E-state index contributed by atoms with van der Waals surface area (Å²) in [7, 11) is 1.65. The summed E-state index contributed by atoms with van der Waals surface area (Å²) in [5.74, 6) is 0.664. The summed E-state index contributed by atoms with van der Waals surface area (Å²) in [4.78, 5) is 17.1. The molecule has 0 aliphatic carbocycles. The minimum absolute atomic E-state index is 0.135. The van der Waals surface area contributed by atoms with Crippen LogP contribution in [0.5, 0.6) is 5.75 Å². The minimum Gasteiger partial charge on any atom is -0.497 e. The molecule has 184 valence electrons. The molecule has 1 amide bonds. The lowest BCUT2D eigenvalue weighted by Crippen LogP contribution is -2.49. The van der Waals surface area contributed by atoms with Gasteiger partial charge in [-0.15, -0.1) is 0 Å². The lowest BCUT2D eigenvalue weighted by Gasteiger charge is -2.36. The molecular formula is C27H27Cl3N2O3. The first-order valence-electron chi connectivity index (χ1n) is 11.4. The van der Waals surface area contributed by atoms with E-state index in [1.165, 1.54) is 0 Å². The first-order chi connectivity index (χ1) is 16.9. The summed E-state index contributed by atoms with van der Waals surface area (Å²) in [5.41, 5.74) is 2.46. The van der Waals surface area contributed by atoms with Crippen molar-refractivity contribution < 1.29 is 14.3 Å². The summed E-state index contributed by atoms with van der Waals surface area (Å²) in [6.07, 6.45) is -0.154. The van der Waals surface area contributed by atoms with Gasteiger partial charge in [-0.25, -0.2) is 0 Å². The van der Waals surface area contributed by atoms with Crippen LogP contribution < -0.4 is 4.74 Å². The highest BCUT2D eigenvalue weighted by Crippen LogP contribution is 2.27. The van der Waals surface area contributed by atoms with Crippen LogP contribution in [0.4, 0.5) is 0 Å². The van der Waals surface area contributed by atoms with Crippen LogP contribution in [0.15, 0.2) is 66.7 Å². The molecule has 1 aliphatic rings. The third-order valence-corrected chi connectivity index (χ3v) is 6.97. The van der Waals surface area contributed by atoms with Crippen LogP contribution in [0.3, 0.4) is 0 Å². The van der Waals surface area contributed by atoms with Gasteiger partial charge in [0.1, 0.15) is 5.75 Å². The van der Waals surface area contributed by atoms with Gasteiger partial charge in [-0.1, -0.05) is 65.1 Å². The molecule has 1 fully saturated rings. The Morgan fingerprint density at radius 1 is 0.914 bits per heavy atom. The fraction of sp³-hybridized carbons (Fsp3) is 0.296. The van der Waals surface area contributed by atoms with Crippen LogP contribution in [-0.2, 0) is 11.3 Å². The van der Waals surface area contributed by atoms with Crippen molar-refractivity contribution in [3.63, 3.8) is 0 Å². The number of benzene rings is 3. The molecule has 1 aliphatic heterocycles. The third-order valence-electron chi connectivity index (χ3n) is 6.09. The van der Waals surface area contributed by atoms with Gasteiger partial charge in [-0.3, -0.25) is 9.69 Å². The molecule has 0 bridgehead atoms. The first kappa shape index (κ1) is 25.8. The molecule has 3 aromatic carbocycles. The van der Waals surface area contributed by atoms with Crippen molar-refractivity contribution in [2.24, 2.45) is 0 Å². The zero-order valence-corrected chi connectivity index (χ0v) is 21.7. The van der Waals surface area contributed by atoms with Gasteiger partial charge in [-0.2, -0.15) is 0 Å². The summed E-state index contributed by atoms with van der Waals surface area (Å²) >= 11 is 18.6. The van der Waals surface area contributed by atoms with E-state index in [1.807, 2.05) is 48.5 Å². The van der Waals surface area contributed by atoms with Gasteiger partial charge in [0, 0.05) is 37.7 Å². The van der Waals surface area contributed by atoms with Crippen LogP contribution >= 0.6 is 34.8 Å². The summed E-state index contributed by atoms with van der Waals surface area (Å²) in [5, 5.41) is 1.43. The number of hydrogen-bond acceptors (Lipinski definition) is 4. The molecule has 0 aromatic heterocycles. The van der Waals surface area contributed by atoms with Crippen LogP contribution in [0.1, 0.15) is 27.6 Å². The zero-order valence-electron chi connectivity index (χ0n) is 19.4. The summed E-state index contributed by atoms with van der Waals surface area (Å²) in [6.45, 7) is 3.77. The molecule has 0 unspecified atom stereocenters. The van der Waals surface area contributed by atoms with E-state index in [1.54, 1.807) is 30.2 Å². The minimum atomic E-state index is -0.154. The van der Waals surface area contributed by atoms with Crippen molar-refractivity contribution >= 4 is 40.7 Å². The van der Waals surface area contributed by atoms with Crippen molar-refractivity contribution in [2.45, 2.75) is 12.7 Å². The second-order valence-electron chi connectivity index (χ2n) is 8.39. The van der Waals surface area contributed by atoms with Crippen molar-refractivity contribution in [1.29, 1.82) is 0 Å². The fourth-order valence-electron chi connectivity index (χ4n) is 4.12. The van der Waals surface area contributed by atoms with E-state index in [0.717, 1.165) is 30.0 Å². The normalized spacial score (nSPS) is 15.1. The topological polar surface area (TPSA) is 42.0 Å². The molecule has 0 radical (unpaired) electrons. The Morgan fingerprint density at radius 3 is 2.23 bits per heavy atom. The Kier molecular flexibility index (Phi) is 8.93. The predicted octanol–water partition coefficient (Wildman–Crippen LogP) is 6.37. The van der Waals surface area contributed by atoms with E-state index >= 15 is 0 Å². The van der Waals surface area contributed by atoms with Crippen molar-refractivity contribution in [3.8, 4) is 5.75 Å².